The first-order valence-electron chi connectivity index (χ1n) is 7.40. The first-order chi connectivity index (χ1) is 10.5. The van der Waals surface area contributed by atoms with E-state index < -0.39 is 11.9 Å². The molecule has 0 amide bonds. The summed E-state index contributed by atoms with van der Waals surface area (Å²) in [5, 5.41) is 17.0. The molecular weight excluding hydrogens is 292 g/mol. The summed E-state index contributed by atoms with van der Waals surface area (Å²) in [5.41, 5.74) is 1.78. The van der Waals surface area contributed by atoms with Crippen LogP contribution in [0.5, 0.6) is 0 Å². The van der Waals surface area contributed by atoms with Gasteiger partial charge in [0.2, 0.25) is 0 Å². The molecule has 2 N–H and O–H groups in total. The monoisotopic (exact) mass is 318 g/mol. The Morgan fingerprint density at radius 3 is 1.96 bits per heavy atom. The third kappa shape index (κ3) is 10.9. The number of hydrogen-bond acceptors (Lipinski definition) is 2. The Hall–Kier alpha value is -2.36. The van der Waals surface area contributed by atoms with E-state index in [4.69, 9.17) is 10.2 Å². The molecule has 0 fully saturated rings. The second-order valence-corrected chi connectivity index (χ2v) is 6.39. The summed E-state index contributed by atoms with van der Waals surface area (Å²) in [6.07, 6.45) is 3.00. The van der Waals surface area contributed by atoms with Gasteiger partial charge in [-0.05, 0) is 30.7 Å². The SMILES string of the molecule is C=C(CCc1ccccc1)C(=O)O.CC(=CC(C)(C)C)C(=O)O. The van der Waals surface area contributed by atoms with Gasteiger partial charge >= 0.3 is 11.9 Å². The smallest absolute Gasteiger partial charge is 0.330 e. The fourth-order valence-corrected chi connectivity index (χ4v) is 1.76. The first kappa shape index (κ1) is 20.6. The molecule has 0 spiro atoms. The van der Waals surface area contributed by atoms with Crippen LogP contribution in [-0.2, 0) is 16.0 Å². The van der Waals surface area contributed by atoms with Crippen molar-refractivity contribution in [3.63, 3.8) is 0 Å². The number of benzene rings is 1. The maximum absolute atomic E-state index is 10.4. The highest BCUT2D eigenvalue weighted by Crippen LogP contribution is 2.17. The van der Waals surface area contributed by atoms with Crippen molar-refractivity contribution in [3.05, 3.63) is 59.7 Å². The maximum atomic E-state index is 10.4. The largest absolute Gasteiger partial charge is 0.478 e. The second-order valence-electron chi connectivity index (χ2n) is 6.39. The predicted molar refractivity (Wildman–Crippen MR) is 92.4 cm³/mol. The van der Waals surface area contributed by atoms with E-state index in [1.165, 1.54) is 0 Å². The van der Waals surface area contributed by atoms with E-state index in [-0.39, 0.29) is 11.0 Å². The highest BCUT2D eigenvalue weighted by atomic mass is 16.4. The lowest BCUT2D eigenvalue weighted by Crippen LogP contribution is -2.05. The van der Waals surface area contributed by atoms with Gasteiger partial charge in [0, 0.05) is 11.1 Å². The van der Waals surface area contributed by atoms with Crippen LogP contribution in [0.25, 0.3) is 0 Å². The van der Waals surface area contributed by atoms with Crippen LogP contribution in [0, 0.1) is 5.41 Å². The molecule has 0 bridgehead atoms. The van der Waals surface area contributed by atoms with Crippen LogP contribution in [-0.4, -0.2) is 22.2 Å². The predicted octanol–water partition coefficient (Wildman–Crippen LogP) is 4.32. The summed E-state index contributed by atoms with van der Waals surface area (Å²) in [7, 11) is 0. The van der Waals surface area contributed by atoms with Crippen LogP contribution in [0.1, 0.15) is 39.7 Å². The fraction of sp³-hybridized carbons (Fsp3) is 0.368. The Bertz CT molecular complexity index is 563. The number of aryl methyl sites for hydroxylation is 1. The van der Waals surface area contributed by atoms with Crippen molar-refractivity contribution in [3.8, 4) is 0 Å². The third-order valence-corrected chi connectivity index (χ3v) is 2.85. The van der Waals surface area contributed by atoms with Gasteiger partial charge in [-0.3, -0.25) is 0 Å². The number of aliphatic carboxylic acids is 2. The van der Waals surface area contributed by atoms with Gasteiger partial charge in [-0.25, -0.2) is 9.59 Å². The molecule has 126 valence electrons. The number of rotatable bonds is 5. The van der Waals surface area contributed by atoms with Gasteiger partial charge in [0.05, 0.1) is 0 Å². The molecule has 0 saturated carbocycles. The van der Waals surface area contributed by atoms with Crippen LogP contribution in [0.2, 0.25) is 0 Å². The third-order valence-electron chi connectivity index (χ3n) is 2.85. The van der Waals surface area contributed by atoms with Gasteiger partial charge in [0.25, 0.3) is 0 Å². The Labute approximate surface area is 138 Å². The summed E-state index contributed by atoms with van der Waals surface area (Å²) in [6, 6.07) is 9.79. The normalized spacial score (nSPS) is 11.2. The van der Waals surface area contributed by atoms with Gasteiger partial charge in [-0.15, -0.1) is 0 Å². The van der Waals surface area contributed by atoms with Crippen molar-refractivity contribution in [2.24, 2.45) is 5.41 Å². The van der Waals surface area contributed by atoms with Gasteiger partial charge in [0.1, 0.15) is 0 Å². The molecule has 0 aliphatic rings. The lowest BCUT2D eigenvalue weighted by atomic mass is 9.94. The van der Waals surface area contributed by atoms with Gasteiger partial charge in [-0.1, -0.05) is 63.8 Å². The highest BCUT2D eigenvalue weighted by molar-refractivity contribution is 5.86. The average molecular weight is 318 g/mol. The summed E-state index contributed by atoms with van der Waals surface area (Å²) < 4.78 is 0. The zero-order chi connectivity index (χ0) is 18.0. The zero-order valence-electron chi connectivity index (χ0n) is 14.3. The molecule has 0 saturated heterocycles. The Morgan fingerprint density at radius 1 is 1.09 bits per heavy atom. The Kier molecular flexibility index (Phi) is 8.63. The number of carboxylic acids is 2. The summed E-state index contributed by atoms with van der Waals surface area (Å²) in [4.78, 5) is 20.7. The second kappa shape index (κ2) is 9.62. The molecule has 0 heterocycles. The molecule has 0 radical (unpaired) electrons. The van der Waals surface area contributed by atoms with Crippen LogP contribution in [0.15, 0.2) is 54.1 Å². The molecule has 1 aromatic carbocycles. The summed E-state index contributed by atoms with van der Waals surface area (Å²) >= 11 is 0. The van der Waals surface area contributed by atoms with E-state index in [9.17, 15) is 9.59 Å². The molecular formula is C19H26O4. The quantitative estimate of drug-likeness (QED) is 0.793. The van der Waals surface area contributed by atoms with Crippen molar-refractivity contribution >= 4 is 11.9 Å². The van der Waals surface area contributed by atoms with Crippen LogP contribution in [0.4, 0.5) is 0 Å². The standard InChI is InChI=1S/C11H12O2.C8H14O2/c1-9(11(12)13)7-8-10-5-3-2-4-6-10;1-6(7(9)10)5-8(2,3)4/h2-6H,1,7-8H2,(H,12,13);5H,1-4H3,(H,9,10). The minimum absolute atomic E-state index is 0.0392. The van der Waals surface area contributed by atoms with Gasteiger partial charge in [-0.2, -0.15) is 0 Å². The lowest BCUT2D eigenvalue weighted by molar-refractivity contribution is -0.133. The number of carboxylic acid groups (broad SMARTS) is 2. The molecule has 0 aliphatic heterocycles. The van der Waals surface area contributed by atoms with Crippen molar-refractivity contribution in [1.82, 2.24) is 0 Å². The Balaban J connectivity index is 0.000000438. The zero-order valence-corrected chi connectivity index (χ0v) is 14.3. The van der Waals surface area contributed by atoms with E-state index in [2.05, 4.69) is 6.58 Å². The van der Waals surface area contributed by atoms with E-state index in [1.54, 1.807) is 13.0 Å². The maximum Gasteiger partial charge on any atom is 0.330 e. The van der Waals surface area contributed by atoms with E-state index in [1.807, 2.05) is 51.1 Å². The summed E-state index contributed by atoms with van der Waals surface area (Å²) in [6.45, 7) is 11.0. The fourth-order valence-electron chi connectivity index (χ4n) is 1.76. The van der Waals surface area contributed by atoms with Crippen molar-refractivity contribution in [2.45, 2.75) is 40.5 Å². The van der Waals surface area contributed by atoms with Crippen molar-refractivity contribution in [2.75, 3.05) is 0 Å². The van der Waals surface area contributed by atoms with Crippen molar-refractivity contribution in [1.29, 1.82) is 0 Å². The van der Waals surface area contributed by atoms with Crippen LogP contribution in [0.3, 0.4) is 0 Å². The first-order valence-corrected chi connectivity index (χ1v) is 7.40. The highest BCUT2D eigenvalue weighted by Gasteiger charge is 2.09. The minimum atomic E-state index is -0.907. The minimum Gasteiger partial charge on any atom is -0.478 e. The van der Waals surface area contributed by atoms with Crippen LogP contribution < -0.4 is 0 Å². The number of carbonyl (C=O) groups is 2. The molecule has 0 aliphatic carbocycles. The lowest BCUT2D eigenvalue weighted by Gasteiger charge is -2.11. The van der Waals surface area contributed by atoms with E-state index >= 15 is 0 Å². The van der Waals surface area contributed by atoms with Crippen LogP contribution >= 0.6 is 0 Å². The molecule has 1 rings (SSSR count). The van der Waals surface area contributed by atoms with Crippen molar-refractivity contribution < 1.29 is 19.8 Å². The molecule has 0 unspecified atom stereocenters. The Morgan fingerprint density at radius 2 is 1.61 bits per heavy atom. The van der Waals surface area contributed by atoms with E-state index in [0.717, 1.165) is 12.0 Å². The molecule has 0 aromatic heterocycles. The van der Waals surface area contributed by atoms with Gasteiger partial charge in [0.15, 0.2) is 0 Å². The average Bonchev–Trinajstić information content (AvgIpc) is 2.44. The van der Waals surface area contributed by atoms with E-state index in [0.29, 0.717) is 12.0 Å². The molecule has 1 aromatic rings. The summed E-state index contributed by atoms with van der Waals surface area (Å²) in [5.74, 6) is -1.74. The number of allylic oxidation sites excluding steroid dienone is 1. The molecule has 0 atom stereocenters. The molecule has 4 heteroatoms. The topological polar surface area (TPSA) is 74.6 Å². The number of hydrogen-bond donors (Lipinski definition) is 2. The van der Waals surface area contributed by atoms with Gasteiger partial charge < -0.3 is 10.2 Å². The molecule has 4 nitrogen and oxygen atoms in total. The molecule has 23 heavy (non-hydrogen) atoms.